The monoisotopic (exact) mass is 265 g/mol. The minimum absolute atomic E-state index is 0.297. The van der Waals surface area contributed by atoms with Gasteiger partial charge in [-0.2, -0.15) is 5.26 Å². The summed E-state index contributed by atoms with van der Waals surface area (Å²) in [4.78, 5) is 11.9. The third-order valence-electron chi connectivity index (χ3n) is 2.57. The highest BCUT2D eigenvalue weighted by Crippen LogP contribution is 2.24. The van der Waals surface area contributed by atoms with Crippen LogP contribution in [0.15, 0.2) is 18.2 Å². The second-order valence-corrected chi connectivity index (χ2v) is 5.55. The standard InChI is InChI=1S/C13H16ClN3O/c1-13(2,3)11(16)12(18)17-10-5-4-8(7-15)6-9(10)14/h4-6,11H,16H2,1-3H3,(H,17,18)/t11-/m1/s1. The van der Waals surface area contributed by atoms with Gasteiger partial charge in [0.15, 0.2) is 0 Å². The molecule has 0 heterocycles. The molecule has 3 N–H and O–H groups in total. The molecule has 1 aromatic rings. The van der Waals surface area contributed by atoms with Crippen molar-refractivity contribution in [2.45, 2.75) is 26.8 Å². The fraction of sp³-hybridized carbons (Fsp3) is 0.385. The van der Waals surface area contributed by atoms with Gasteiger partial charge in [0.25, 0.3) is 0 Å². The van der Waals surface area contributed by atoms with Crippen LogP contribution in [0.25, 0.3) is 0 Å². The van der Waals surface area contributed by atoms with Crippen molar-refractivity contribution in [1.82, 2.24) is 0 Å². The van der Waals surface area contributed by atoms with Gasteiger partial charge in [-0.15, -0.1) is 0 Å². The number of carbonyl (C=O) groups is 1. The maximum atomic E-state index is 11.9. The summed E-state index contributed by atoms with van der Waals surface area (Å²) in [6, 6.07) is 6.02. The Morgan fingerprint density at radius 2 is 2.11 bits per heavy atom. The van der Waals surface area contributed by atoms with Crippen LogP contribution in [0.4, 0.5) is 5.69 Å². The van der Waals surface area contributed by atoms with E-state index < -0.39 is 6.04 Å². The summed E-state index contributed by atoms with van der Waals surface area (Å²) in [7, 11) is 0. The van der Waals surface area contributed by atoms with Crippen molar-refractivity contribution >= 4 is 23.2 Å². The number of benzene rings is 1. The van der Waals surface area contributed by atoms with Gasteiger partial charge in [0.1, 0.15) is 0 Å². The van der Waals surface area contributed by atoms with Crippen LogP contribution in [0.2, 0.25) is 5.02 Å². The van der Waals surface area contributed by atoms with Crippen molar-refractivity contribution in [3.8, 4) is 6.07 Å². The summed E-state index contributed by atoms with van der Waals surface area (Å²) in [5.74, 6) is -0.297. The van der Waals surface area contributed by atoms with Crippen molar-refractivity contribution in [3.05, 3.63) is 28.8 Å². The minimum Gasteiger partial charge on any atom is -0.323 e. The van der Waals surface area contributed by atoms with Crippen LogP contribution < -0.4 is 11.1 Å². The Labute approximate surface area is 112 Å². The number of nitriles is 1. The third-order valence-corrected chi connectivity index (χ3v) is 2.88. The quantitative estimate of drug-likeness (QED) is 0.862. The first-order valence-electron chi connectivity index (χ1n) is 5.52. The first kappa shape index (κ1) is 14.5. The van der Waals surface area contributed by atoms with Gasteiger partial charge >= 0.3 is 0 Å². The van der Waals surface area contributed by atoms with E-state index in [0.29, 0.717) is 16.3 Å². The lowest BCUT2D eigenvalue weighted by atomic mass is 9.87. The highest BCUT2D eigenvalue weighted by molar-refractivity contribution is 6.33. The lowest BCUT2D eigenvalue weighted by molar-refractivity contribution is -0.119. The average molecular weight is 266 g/mol. The minimum atomic E-state index is -0.635. The molecule has 1 rings (SSSR count). The third kappa shape index (κ3) is 3.46. The van der Waals surface area contributed by atoms with Gasteiger partial charge in [0.2, 0.25) is 5.91 Å². The smallest absolute Gasteiger partial charge is 0.241 e. The van der Waals surface area contributed by atoms with Crippen molar-refractivity contribution < 1.29 is 4.79 Å². The molecule has 0 bridgehead atoms. The topological polar surface area (TPSA) is 78.9 Å². The zero-order valence-corrected chi connectivity index (χ0v) is 11.4. The van der Waals surface area contributed by atoms with E-state index in [4.69, 9.17) is 22.6 Å². The van der Waals surface area contributed by atoms with E-state index in [1.807, 2.05) is 26.8 Å². The van der Waals surface area contributed by atoms with Crippen molar-refractivity contribution in [3.63, 3.8) is 0 Å². The largest absolute Gasteiger partial charge is 0.323 e. The highest BCUT2D eigenvalue weighted by atomic mass is 35.5. The number of hydrogen-bond donors (Lipinski definition) is 2. The number of amides is 1. The molecule has 0 aromatic heterocycles. The van der Waals surface area contributed by atoms with Gasteiger partial charge in [-0.05, 0) is 23.6 Å². The van der Waals surface area contributed by atoms with Crippen molar-refractivity contribution in [1.29, 1.82) is 5.26 Å². The maximum absolute atomic E-state index is 11.9. The molecule has 18 heavy (non-hydrogen) atoms. The maximum Gasteiger partial charge on any atom is 0.241 e. The number of anilines is 1. The van der Waals surface area contributed by atoms with Gasteiger partial charge in [0, 0.05) is 0 Å². The molecular weight excluding hydrogens is 250 g/mol. The average Bonchev–Trinajstić information content (AvgIpc) is 2.29. The highest BCUT2D eigenvalue weighted by Gasteiger charge is 2.27. The fourth-order valence-corrected chi connectivity index (χ4v) is 1.52. The SMILES string of the molecule is CC(C)(C)[C@H](N)C(=O)Nc1ccc(C#N)cc1Cl. The van der Waals surface area contributed by atoms with Gasteiger partial charge in [-0.1, -0.05) is 32.4 Å². The van der Waals surface area contributed by atoms with E-state index in [1.165, 1.54) is 6.07 Å². The first-order valence-corrected chi connectivity index (χ1v) is 5.89. The Balaban J connectivity index is 2.87. The van der Waals surface area contributed by atoms with E-state index in [2.05, 4.69) is 5.32 Å². The Kier molecular flexibility index (Phi) is 4.33. The number of hydrogen-bond acceptors (Lipinski definition) is 3. The molecule has 1 atom stereocenters. The van der Waals surface area contributed by atoms with Crippen molar-refractivity contribution in [2.75, 3.05) is 5.32 Å². The van der Waals surface area contributed by atoms with Crippen molar-refractivity contribution in [2.24, 2.45) is 11.1 Å². The Morgan fingerprint density at radius 3 is 2.56 bits per heavy atom. The molecule has 96 valence electrons. The Bertz CT molecular complexity index is 500. The van der Waals surface area contributed by atoms with Gasteiger partial charge < -0.3 is 11.1 Å². The van der Waals surface area contributed by atoms with Crippen LogP contribution in [0, 0.1) is 16.7 Å². The summed E-state index contributed by atoms with van der Waals surface area (Å²) in [5, 5.41) is 11.7. The number of halogens is 1. The lowest BCUT2D eigenvalue weighted by Crippen LogP contribution is -2.45. The zero-order chi connectivity index (χ0) is 13.9. The van der Waals surface area contributed by atoms with Crippen LogP contribution in [0.1, 0.15) is 26.3 Å². The molecule has 0 saturated heterocycles. The predicted molar refractivity (Wildman–Crippen MR) is 72.2 cm³/mol. The summed E-state index contributed by atoms with van der Waals surface area (Å²) in [6.07, 6.45) is 0. The molecule has 4 nitrogen and oxygen atoms in total. The van der Waals surface area contributed by atoms with Gasteiger partial charge in [-0.3, -0.25) is 4.79 Å². The van der Waals surface area contributed by atoms with Crippen LogP contribution in [-0.4, -0.2) is 11.9 Å². The Morgan fingerprint density at radius 1 is 1.50 bits per heavy atom. The molecule has 0 aliphatic rings. The van der Waals surface area contributed by atoms with E-state index in [0.717, 1.165) is 0 Å². The molecule has 0 spiro atoms. The van der Waals surface area contributed by atoms with E-state index in [-0.39, 0.29) is 11.3 Å². The summed E-state index contributed by atoms with van der Waals surface area (Å²) >= 11 is 5.96. The molecule has 0 aliphatic heterocycles. The lowest BCUT2D eigenvalue weighted by Gasteiger charge is -2.26. The second kappa shape index (κ2) is 5.38. The number of nitrogens with one attached hydrogen (secondary N) is 1. The van der Waals surface area contributed by atoms with E-state index in [1.54, 1.807) is 12.1 Å². The summed E-state index contributed by atoms with van der Waals surface area (Å²) in [5.41, 5.74) is 6.41. The summed E-state index contributed by atoms with van der Waals surface area (Å²) < 4.78 is 0. The van der Waals surface area contributed by atoms with Gasteiger partial charge in [0.05, 0.1) is 28.4 Å². The fourth-order valence-electron chi connectivity index (χ4n) is 1.29. The molecule has 1 aromatic carbocycles. The molecule has 5 heteroatoms. The molecule has 0 aliphatic carbocycles. The van der Waals surface area contributed by atoms with E-state index in [9.17, 15) is 4.79 Å². The van der Waals surface area contributed by atoms with Gasteiger partial charge in [-0.25, -0.2) is 0 Å². The normalized spacial score (nSPS) is 12.7. The molecule has 0 saturated carbocycles. The number of nitrogens with zero attached hydrogens (tertiary/aromatic N) is 1. The molecule has 0 radical (unpaired) electrons. The second-order valence-electron chi connectivity index (χ2n) is 5.14. The number of carbonyl (C=O) groups excluding carboxylic acids is 1. The number of rotatable bonds is 2. The van der Waals surface area contributed by atoms with Crippen LogP contribution in [0.3, 0.4) is 0 Å². The molecule has 0 fully saturated rings. The van der Waals surface area contributed by atoms with Crippen LogP contribution >= 0.6 is 11.6 Å². The number of nitrogens with two attached hydrogens (primary N) is 1. The Hall–Kier alpha value is -1.57. The van der Waals surface area contributed by atoms with E-state index >= 15 is 0 Å². The van der Waals surface area contributed by atoms with Crippen LogP contribution in [0.5, 0.6) is 0 Å². The summed E-state index contributed by atoms with van der Waals surface area (Å²) in [6.45, 7) is 5.66. The molecule has 0 unspecified atom stereocenters. The molecule has 1 amide bonds. The molecular formula is C13H16ClN3O. The first-order chi connectivity index (χ1) is 8.25. The van der Waals surface area contributed by atoms with Crippen LogP contribution in [-0.2, 0) is 4.79 Å². The zero-order valence-electron chi connectivity index (χ0n) is 10.6. The predicted octanol–water partition coefficient (Wildman–Crippen LogP) is 2.52.